The summed E-state index contributed by atoms with van der Waals surface area (Å²) in [5.74, 6) is 0.224. The van der Waals surface area contributed by atoms with Crippen molar-refractivity contribution in [2.45, 2.75) is 18.7 Å². The number of hydrogen-bond acceptors (Lipinski definition) is 7. The summed E-state index contributed by atoms with van der Waals surface area (Å²) in [6, 6.07) is 7.38. The SMILES string of the molecule is CCN1CCN(S(=O)(=O)c2cc(-c3nc(-c4ccc(F)cc4)no3)sc2C)CC1. The monoisotopic (exact) mass is 436 g/mol. The lowest BCUT2D eigenvalue weighted by Gasteiger charge is -2.33. The Morgan fingerprint density at radius 2 is 1.86 bits per heavy atom. The van der Waals surface area contributed by atoms with Gasteiger partial charge in [0.1, 0.15) is 5.82 Å². The van der Waals surface area contributed by atoms with Crippen LogP contribution in [-0.4, -0.2) is 60.5 Å². The van der Waals surface area contributed by atoms with Crippen molar-refractivity contribution in [3.63, 3.8) is 0 Å². The normalized spacial score (nSPS) is 16.4. The van der Waals surface area contributed by atoms with Crippen LogP contribution in [0.5, 0.6) is 0 Å². The summed E-state index contributed by atoms with van der Waals surface area (Å²) in [6.45, 7) is 7.20. The number of likely N-dealkylation sites (N-methyl/N-ethyl adjacent to an activating group) is 1. The van der Waals surface area contributed by atoms with Crippen molar-refractivity contribution in [1.82, 2.24) is 19.3 Å². The number of rotatable bonds is 5. The number of hydrogen-bond donors (Lipinski definition) is 0. The van der Waals surface area contributed by atoms with E-state index in [9.17, 15) is 12.8 Å². The molecule has 0 amide bonds. The van der Waals surface area contributed by atoms with Crippen molar-refractivity contribution in [2.75, 3.05) is 32.7 Å². The van der Waals surface area contributed by atoms with Gasteiger partial charge in [0.25, 0.3) is 5.89 Å². The van der Waals surface area contributed by atoms with Crippen LogP contribution < -0.4 is 0 Å². The summed E-state index contributed by atoms with van der Waals surface area (Å²) < 4.78 is 46.2. The minimum absolute atomic E-state index is 0.245. The van der Waals surface area contributed by atoms with Crippen LogP contribution in [0.25, 0.3) is 22.2 Å². The van der Waals surface area contributed by atoms with Crippen LogP contribution in [0, 0.1) is 12.7 Å². The molecule has 3 aromatic rings. The lowest BCUT2D eigenvalue weighted by atomic mass is 10.2. The quantitative estimate of drug-likeness (QED) is 0.611. The van der Waals surface area contributed by atoms with E-state index in [1.165, 1.54) is 27.8 Å². The zero-order chi connectivity index (χ0) is 20.6. The fourth-order valence-corrected chi connectivity index (χ4v) is 6.20. The van der Waals surface area contributed by atoms with Gasteiger partial charge in [-0.3, -0.25) is 0 Å². The van der Waals surface area contributed by atoms with Gasteiger partial charge in [-0.1, -0.05) is 12.1 Å². The number of halogens is 1. The molecule has 1 fully saturated rings. The molecule has 0 N–H and O–H groups in total. The van der Waals surface area contributed by atoms with E-state index in [4.69, 9.17) is 4.52 Å². The van der Waals surface area contributed by atoms with Crippen LogP contribution in [0.1, 0.15) is 11.8 Å². The van der Waals surface area contributed by atoms with E-state index in [-0.39, 0.29) is 16.6 Å². The van der Waals surface area contributed by atoms with Gasteiger partial charge >= 0.3 is 0 Å². The zero-order valence-electron chi connectivity index (χ0n) is 16.1. The molecule has 10 heteroatoms. The maximum atomic E-state index is 13.1. The lowest BCUT2D eigenvalue weighted by molar-refractivity contribution is 0.196. The highest BCUT2D eigenvalue weighted by atomic mass is 32.2. The van der Waals surface area contributed by atoms with Crippen molar-refractivity contribution in [2.24, 2.45) is 0 Å². The van der Waals surface area contributed by atoms with E-state index >= 15 is 0 Å². The molecule has 29 heavy (non-hydrogen) atoms. The zero-order valence-corrected chi connectivity index (χ0v) is 17.8. The van der Waals surface area contributed by atoms with Gasteiger partial charge in [0, 0.05) is 36.6 Å². The van der Waals surface area contributed by atoms with E-state index in [1.54, 1.807) is 25.1 Å². The number of sulfonamides is 1. The standard InChI is InChI=1S/C19H21FN4O3S2/c1-3-23-8-10-24(11-9-23)29(25,26)17-12-16(28-13(17)2)19-21-18(22-27-19)14-4-6-15(20)7-5-14/h4-7,12H,3,8-11H2,1-2H3. The van der Waals surface area contributed by atoms with Crippen molar-refractivity contribution < 1.29 is 17.3 Å². The third-order valence-electron chi connectivity index (χ3n) is 5.01. The molecule has 2 aromatic heterocycles. The van der Waals surface area contributed by atoms with Gasteiger partial charge in [-0.2, -0.15) is 9.29 Å². The third kappa shape index (κ3) is 3.97. The summed E-state index contributed by atoms with van der Waals surface area (Å²) in [4.78, 5) is 8.13. The van der Waals surface area contributed by atoms with Crippen LogP contribution in [0.15, 0.2) is 39.8 Å². The Hall–Kier alpha value is -2.14. The second-order valence-electron chi connectivity index (χ2n) is 6.80. The van der Waals surface area contributed by atoms with Crippen molar-refractivity contribution >= 4 is 21.4 Å². The van der Waals surface area contributed by atoms with Crippen LogP contribution >= 0.6 is 11.3 Å². The van der Waals surface area contributed by atoms with Crippen LogP contribution in [0.4, 0.5) is 4.39 Å². The first-order chi connectivity index (χ1) is 13.9. The molecule has 1 aromatic carbocycles. The summed E-state index contributed by atoms with van der Waals surface area (Å²) in [5.41, 5.74) is 0.622. The fraction of sp³-hybridized carbons (Fsp3) is 0.368. The highest BCUT2D eigenvalue weighted by Gasteiger charge is 2.31. The second-order valence-corrected chi connectivity index (χ2v) is 9.96. The number of aromatic nitrogens is 2. The summed E-state index contributed by atoms with van der Waals surface area (Å²) in [7, 11) is -3.58. The van der Waals surface area contributed by atoms with Gasteiger partial charge < -0.3 is 9.42 Å². The largest absolute Gasteiger partial charge is 0.333 e. The van der Waals surface area contributed by atoms with Gasteiger partial charge in [0.2, 0.25) is 15.8 Å². The number of piperazine rings is 1. The second kappa shape index (κ2) is 7.94. The van der Waals surface area contributed by atoms with Crippen molar-refractivity contribution in [1.29, 1.82) is 0 Å². The average Bonchev–Trinajstić information content (AvgIpc) is 3.36. The molecule has 1 saturated heterocycles. The fourth-order valence-electron chi connectivity index (χ4n) is 3.29. The molecule has 4 rings (SSSR count). The Bertz CT molecular complexity index is 1100. The van der Waals surface area contributed by atoms with Crippen molar-refractivity contribution in [3.05, 3.63) is 41.0 Å². The van der Waals surface area contributed by atoms with Crippen LogP contribution in [0.3, 0.4) is 0 Å². The highest BCUT2D eigenvalue weighted by molar-refractivity contribution is 7.89. The predicted molar refractivity (Wildman–Crippen MR) is 109 cm³/mol. The van der Waals surface area contributed by atoms with E-state index in [0.29, 0.717) is 34.2 Å². The molecule has 0 atom stereocenters. The molecule has 1 aliphatic heterocycles. The van der Waals surface area contributed by atoms with Crippen LogP contribution in [0.2, 0.25) is 0 Å². The molecule has 0 saturated carbocycles. The van der Waals surface area contributed by atoms with Gasteiger partial charge in [-0.25, -0.2) is 12.8 Å². The number of thiophene rings is 1. The van der Waals surface area contributed by atoms with Crippen LogP contribution in [-0.2, 0) is 10.0 Å². The molecular weight excluding hydrogens is 415 g/mol. The van der Waals surface area contributed by atoms with E-state index < -0.39 is 10.0 Å². The maximum Gasteiger partial charge on any atom is 0.268 e. The topological polar surface area (TPSA) is 79.5 Å². The first-order valence-electron chi connectivity index (χ1n) is 9.31. The first-order valence-corrected chi connectivity index (χ1v) is 11.6. The number of nitrogens with zero attached hydrogens (tertiary/aromatic N) is 4. The third-order valence-corrected chi connectivity index (χ3v) is 8.20. The van der Waals surface area contributed by atoms with Gasteiger partial charge in [-0.15, -0.1) is 11.3 Å². The Labute approximate surface area is 172 Å². The molecular formula is C19H21FN4O3S2. The lowest BCUT2D eigenvalue weighted by Crippen LogP contribution is -2.48. The number of benzene rings is 1. The smallest absolute Gasteiger partial charge is 0.268 e. The summed E-state index contributed by atoms with van der Waals surface area (Å²) in [5, 5.41) is 3.93. The average molecular weight is 437 g/mol. The minimum atomic E-state index is -3.58. The molecule has 154 valence electrons. The molecule has 0 unspecified atom stereocenters. The van der Waals surface area contributed by atoms with Gasteiger partial charge in [0.05, 0.1) is 9.77 Å². The molecule has 0 radical (unpaired) electrons. The van der Waals surface area contributed by atoms with Crippen molar-refractivity contribution in [3.8, 4) is 22.2 Å². The summed E-state index contributed by atoms with van der Waals surface area (Å²) in [6.07, 6.45) is 0. The summed E-state index contributed by atoms with van der Waals surface area (Å²) >= 11 is 1.30. The maximum absolute atomic E-state index is 13.1. The Kier molecular flexibility index (Phi) is 5.52. The molecule has 0 spiro atoms. The highest BCUT2D eigenvalue weighted by Crippen LogP contribution is 2.35. The minimum Gasteiger partial charge on any atom is -0.333 e. The van der Waals surface area contributed by atoms with E-state index in [1.807, 2.05) is 0 Å². The Balaban J connectivity index is 1.59. The Morgan fingerprint density at radius 3 is 2.52 bits per heavy atom. The Morgan fingerprint density at radius 1 is 1.17 bits per heavy atom. The number of aryl methyl sites for hydroxylation is 1. The predicted octanol–water partition coefficient (Wildman–Crippen LogP) is 3.24. The van der Waals surface area contributed by atoms with Gasteiger partial charge in [0.15, 0.2) is 0 Å². The molecule has 0 aliphatic carbocycles. The molecule has 0 bridgehead atoms. The molecule has 3 heterocycles. The first kappa shape index (κ1) is 20.1. The van der Waals surface area contributed by atoms with E-state index in [2.05, 4.69) is 22.0 Å². The van der Waals surface area contributed by atoms with Gasteiger partial charge in [-0.05, 0) is 43.8 Å². The van der Waals surface area contributed by atoms with E-state index in [0.717, 1.165) is 19.6 Å². The molecule has 7 nitrogen and oxygen atoms in total. The molecule has 1 aliphatic rings.